The predicted molar refractivity (Wildman–Crippen MR) is 72.3 cm³/mol. The molecule has 4 nitrogen and oxygen atoms in total. The fourth-order valence-corrected chi connectivity index (χ4v) is 2.38. The largest absolute Gasteiger partial charge is 0.390 e. The van der Waals surface area contributed by atoms with Gasteiger partial charge < -0.3 is 15.3 Å². The van der Waals surface area contributed by atoms with Crippen LogP contribution in [-0.4, -0.2) is 47.3 Å². The Balaban J connectivity index is 1.70. The van der Waals surface area contributed by atoms with Gasteiger partial charge in [-0.15, -0.1) is 0 Å². The molecule has 0 aromatic carbocycles. The van der Waals surface area contributed by atoms with Crippen molar-refractivity contribution >= 4 is 0 Å². The van der Waals surface area contributed by atoms with Crippen molar-refractivity contribution in [3.05, 3.63) is 30.1 Å². The molecule has 0 radical (unpaired) electrons. The molecule has 0 amide bonds. The van der Waals surface area contributed by atoms with Crippen LogP contribution in [0.1, 0.15) is 31.5 Å². The van der Waals surface area contributed by atoms with Gasteiger partial charge in [0.15, 0.2) is 0 Å². The second-order valence-corrected chi connectivity index (χ2v) is 5.05. The summed E-state index contributed by atoms with van der Waals surface area (Å²) in [5.74, 6) is 0. The molecule has 2 unspecified atom stereocenters. The lowest BCUT2D eigenvalue weighted by molar-refractivity contribution is 0.121. The van der Waals surface area contributed by atoms with Crippen LogP contribution in [0, 0.1) is 0 Å². The highest BCUT2D eigenvalue weighted by molar-refractivity contribution is 5.07. The predicted octanol–water partition coefficient (Wildman–Crippen LogP) is 1.19. The molecule has 2 heterocycles. The van der Waals surface area contributed by atoms with Crippen molar-refractivity contribution in [1.29, 1.82) is 0 Å². The van der Waals surface area contributed by atoms with E-state index in [1.807, 2.05) is 18.2 Å². The van der Waals surface area contributed by atoms with Crippen molar-refractivity contribution in [2.24, 2.45) is 0 Å². The number of aromatic nitrogens is 1. The van der Waals surface area contributed by atoms with Gasteiger partial charge in [0.25, 0.3) is 0 Å². The van der Waals surface area contributed by atoms with Crippen LogP contribution >= 0.6 is 0 Å². The standard InChI is InChI=1S/C14H23N3O/c1-12(14-6-2-3-7-15-14)16-10-13(18)11-17-8-4-5-9-17/h2-3,6-7,12-13,16,18H,4-5,8-11H2,1H3. The lowest BCUT2D eigenvalue weighted by atomic mass is 10.2. The molecule has 1 aromatic heterocycles. The van der Waals surface area contributed by atoms with E-state index in [0.717, 1.165) is 25.3 Å². The summed E-state index contributed by atoms with van der Waals surface area (Å²) in [5.41, 5.74) is 1.02. The molecule has 0 bridgehead atoms. The molecule has 1 aliphatic heterocycles. The van der Waals surface area contributed by atoms with E-state index in [4.69, 9.17) is 0 Å². The van der Waals surface area contributed by atoms with E-state index in [0.29, 0.717) is 6.54 Å². The van der Waals surface area contributed by atoms with Gasteiger partial charge >= 0.3 is 0 Å². The number of likely N-dealkylation sites (tertiary alicyclic amines) is 1. The molecule has 1 aliphatic rings. The van der Waals surface area contributed by atoms with Gasteiger partial charge in [-0.05, 0) is 45.0 Å². The maximum absolute atomic E-state index is 9.98. The number of rotatable bonds is 6. The zero-order valence-electron chi connectivity index (χ0n) is 11.0. The molecule has 2 rings (SSSR count). The fourth-order valence-electron chi connectivity index (χ4n) is 2.38. The van der Waals surface area contributed by atoms with Gasteiger partial charge in [0.05, 0.1) is 11.8 Å². The van der Waals surface area contributed by atoms with Crippen LogP contribution in [0.5, 0.6) is 0 Å². The highest BCUT2D eigenvalue weighted by Crippen LogP contribution is 2.09. The summed E-state index contributed by atoms with van der Waals surface area (Å²) in [5, 5.41) is 13.3. The zero-order valence-corrected chi connectivity index (χ0v) is 11.0. The molecule has 2 N–H and O–H groups in total. The Kier molecular flexibility index (Phi) is 5.11. The Morgan fingerprint density at radius 3 is 2.83 bits per heavy atom. The average Bonchev–Trinajstić information content (AvgIpc) is 2.90. The van der Waals surface area contributed by atoms with Crippen molar-refractivity contribution in [3.63, 3.8) is 0 Å². The van der Waals surface area contributed by atoms with Gasteiger partial charge in [0.2, 0.25) is 0 Å². The van der Waals surface area contributed by atoms with Gasteiger partial charge in [0, 0.05) is 25.3 Å². The van der Waals surface area contributed by atoms with Gasteiger partial charge in [0.1, 0.15) is 0 Å². The lowest BCUT2D eigenvalue weighted by Gasteiger charge is -2.21. The Bertz CT molecular complexity index is 338. The van der Waals surface area contributed by atoms with Crippen molar-refractivity contribution in [2.75, 3.05) is 26.2 Å². The van der Waals surface area contributed by atoms with Gasteiger partial charge in [-0.25, -0.2) is 0 Å². The Morgan fingerprint density at radius 1 is 1.39 bits per heavy atom. The minimum Gasteiger partial charge on any atom is -0.390 e. The monoisotopic (exact) mass is 249 g/mol. The molecular formula is C14H23N3O. The smallest absolute Gasteiger partial charge is 0.0791 e. The number of β-amino-alcohol motifs (C(OH)–C–C–N with tert-alkyl or cyclic N) is 1. The van der Waals surface area contributed by atoms with Gasteiger partial charge in [-0.1, -0.05) is 6.07 Å². The molecule has 0 aliphatic carbocycles. The topological polar surface area (TPSA) is 48.4 Å². The molecule has 4 heteroatoms. The fraction of sp³-hybridized carbons (Fsp3) is 0.643. The van der Waals surface area contributed by atoms with E-state index in [1.165, 1.54) is 12.8 Å². The number of pyridine rings is 1. The van der Waals surface area contributed by atoms with E-state index in [9.17, 15) is 5.11 Å². The third-order valence-corrected chi connectivity index (χ3v) is 3.46. The summed E-state index contributed by atoms with van der Waals surface area (Å²) in [7, 11) is 0. The Labute approximate surface area is 109 Å². The summed E-state index contributed by atoms with van der Waals surface area (Å²) < 4.78 is 0. The van der Waals surface area contributed by atoms with Crippen LogP contribution in [0.15, 0.2) is 24.4 Å². The lowest BCUT2D eigenvalue weighted by Crippen LogP contribution is -2.37. The van der Waals surface area contributed by atoms with E-state index >= 15 is 0 Å². The molecule has 1 aromatic rings. The van der Waals surface area contributed by atoms with E-state index in [-0.39, 0.29) is 12.1 Å². The first-order valence-corrected chi connectivity index (χ1v) is 6.80. The molecule has 1 fully saturated rings. The highest BCUT2D eigenvalue weighted by Gasteiger charge is 2.16. The average molecular weight is 249 g/mol. The number of nitrogens with one attached hydrogen (secondary N) is 1. The number of hydrogen-bond acceptors (Lipinski definition) is 4. The molecule has 100 valence electrons. The minimum absolute atomic E-state index is 0.180. The van der Waals surface area contributed by atoms with Crippen LogP contribution in [0.4, 0.5) is 0 Å². The second kappa shape index (κ2) is 6.83. The Morgan fingerprint density at radius 2 is 2.17 bits per heavy atom. The molecular weight excluding hydrogens is 226 g/mol. The molecule has 0 spiro atoms. The molecule has 1 saturated heterocycles. The normalized spacial score (nSPS) is 19.9. The quantitative estimate of drug-likeness (QED) is 0.795. The number of hydrogen-bond donors (Lipinski definition) is 2. The van der Waals surface area contributed by atoms with Crippen LogP contribution in [0.25, 0.3) is 0 Å². The van der Waals surface area contributed by atoms with Crippen molar-refractivity contribution in [3.8, 4) is 0 Å². The van der Waals surface area contributed by atoms with E-state index in [1.54, 1.807) is 6.20 Å². The first kappa shape index (κ1) is 13.5. The van der Waals surface area contributed by atoms with Crippen LogP contribution in [-0.2, 0) is 0 Å². The molecule has 0 saturated carbocycles. The third kappa shape index (κ3) is 4.05. The van der Waals surface area contributed by atoms with Crippen molar-refractivity contribution in [2.45, 2.75) is 31.9 Å². The summed E-state index contributed by atoms with van der Waals surface area (Å²) in [4.78, 5) is 6.64. The third-order valence-electron chi connectivity index (χ3n) is 3.46. The number of aliphatic hydroxyl groups excluding tert-OH is 1. The van der Waals surface area contributed by atoms with E-state index in [2.05, 4.69) is 22.1 Å². The molecule has 2 atom stereocenters. The van der Waals surface area contributed by atoms with Crippen molar-refractivity contribution in [1.82, 2.24) is 15.2 Å². The van der Waals surface area contributed by atoms with Gasteiger partial charge in [-0.3, -0.25) is 4.98 Å². The highest BCUT2D eigenvalue weighted by atomic mass is 16.3. The minimum atomic E-state index is -0.297. The van der Waals surface area contributed by atoms with Crippen molar-refractivity contribution < 1.29 is 5.11 Å². The first-order chi connectivity index (χ1) is 8.75. The van der Waals surface area contributed by atoms with Crippen LogP contribution < -0.4 is 5.32 Å². The maximum Gasteiger partial charge on any atom is 0.0791 e. The molecule has 18 heavy (non-hydrogen) atoms. The van der Waals surface area contributed by atoms with E-state index < -0.39 is 0 Å². The number of nitrogens with zero attached hydrogens (tertiary/aromatic N) is 2. The summed E-state index contributed by atoms with van der Waals surface area (Å²) in [6.45, 7) is 5.74. The van der Waals surface area contributed by atoms with Gasteiger partial charge in [-0.2, -0.15) is 0 Å². The summed E-state index contributed by atoms with van der Waals surface area (Å²) in [6.07, 6.45) is 4.04. The SMILES string of the molecule is CC(NCC(O)CN1CCCC1)c1ccccn1. The zero-order chi connectivity index (χ0) is 12.8. The number of aliphatic hydroxyl groups is 1. The van der Waals surface area contributed by atoms with Crippen LogP contribution in [0.3, 0.4) is 0 Å². The summed E-state index contributed by atoms with van der Waals surface area (Å²) in [6, 6.07) is 6.09. The van der Waals surface area contributed by atoms with Crippen LogP contribution in [0.2, 0.25) is 0 Å². The second-order valence-electron chi connectivity index (χ2n) is 5.05. The maximum atomic E-state index is 9.98. The Hall–Kier alpha value is -0.970. The summed E-state index contributed by atoms with van der Waals surface area (Å²) >= 11 is 0. The first-order valence-electron chi connectivity index (χ1n) is 6.80.